The molecule has 0 saturated carbocycles. The van der Waals surface area contributed by atoms with E-state index < -0.39 is 13.3 Å². The Labute approximate surface area is 120 Å². The Morgan fingerprint density at radius 2 is 1.63 bits per heavy atom. The molecule has 0 spiro atoms. The van der Waals surface area contributed by atoms with Crippen LogP contribution in [0.5, 0.6) is 0 Å². The van der Waals surface area contributed by atoms with Gasteiger partial charge >= 0.3 is 13.3 Å². The Morgan fingerprint density at radius 1 is 1.16 bits per heavy atom. The van der Waals surface area contributed by atoms with Gasteiger partial charge in [-0.05, 0) is 19.4 Å². The molecule has 1 rings (SSSR count). The maximum absolute atomic E-state index is 14.3. The van der Waals surface area contributed by atoms with Crippen molar-refractivity contribution < 1.29 is 22.4 Å². The van der Waals surface area contributed by atoms with Crippen LogP contribution in [0.15, 0.2) is 24.3 Å². The Bertz CT molecular complexity index is 441. The van der Waals surface area contributed by atoms with Crippen LogP contribution in [0.3, 0.4) is 0 Å². The van der Waals surface area contributed by atoms with Gasteiger partial charge in [0.15, 0.2) is 0 Å². The van der Waals surface area contributed by atoms with Gasteiger partial charge in [0.2, 0.25) is 0 Å². The lowest BCUT2D eigenvalue weighted by Gasteiger charge is -2.26. The van der Waals surface area contributed by atoms with Gasteiger partial charge in [-0.1, -0.05) is 40.2 Å². The maximum Gasteiger partial charge on any atom is 0.404 e. The Hall–Kier alpha value is -0.290. The molecular formula is C12H16BrF2O3P. The predicted molar refractivity (Wildman–Crippen MR) is 73.8 cm³/mol. The fourth-order valence-corrected chi connectivity index (χ4v) is 3.41. The molecule has 7 heteroatoms. The molecule has 0 saturated heterocycles. The van der Waals surface area contributed by atoms with Crippen molar-refractivity contribution in [3.63, 3.8) is 0 Å². The number of alkyl halides is 3. The average Bonchev–Trinajstić information content (AvgIpc) is 2.39. The lowest BCUT2D eigenvalue weighted by molar-refractivity contribution is 0.0360. The van der Waals surface area contributed by atoms with E-state index in [-0.39, 0.29) is 18.8 Å². The van der Waals surface area contributed by atoms with Crippen molar-refractivity contribution in [3.8, 4) is 0 Å². The van der Waals surface area contributed by atoms with E-state index in [1.807, 2.05) is 0 Å². The van der Waals surface area contributed by atoms with Gasteiger partial charge < -0.3 is 9.05 Å². The zero-order valence-electron chi connectivity index (χ0n) is 10.7. The summed E-state index contributed by atoms with van der Waals surface area (Å²) >= 11 is 3.23. The average molecular weight is 357 g/mol. The lowest BCUT2D eigenvalue weighted by atomic mass is 10.1. The van der Waals surface area contributed by atoms with Gasteiger partial charge in [-0.3, -0.25) is 4.57 Å². The molecule has 0 unspecified atom stereocenters. The summed E-state index contributed by atoms with van der Waals surface area (Å²) < 4.78 is 50.2. The van der Waals surface area contributed by atoms with Gasteiger partial charge in [0.1, 0.15) is 0 Å². The predicted octanol–water partition coefficient (Wildman–Crippen LogP) is 4.90. The van der Waals surface area contributed by atoms with Crippen LogP contribution >= 0.6 is 23.5 Å². The molecule has 19 heavy (non-hydrogen) atoms. The largest absolute Gasteiger partial charge is 0.404 e. The fourth-order valence-electron chi connectivity index (χ4n) is 1.49. The first-order valence-electron chi connectivity index (χ1n) is 5.83. The normalized spacial score (nSPS) is 12.7. The standard InChI is InChI=1S/C12H16BrF2O3P/c1-3-17-19(16,18-4-2)12(14,15)11-7-5-10(9-13)6-8-11/h5-8H,3-4,9H2,1-2H3. The summed E-state index contributed by atoms with van der Waals surface area (Å²) in [4.78, 5) is 0. The van der Waals surface area contributed by atoms with Gasteiger partial charge in [-0.25, -0.2) is 0 Å². The molecule has 108 valence electrons. The molecule has 1 aromatic rings. The zero-order valence-corrected chi connectivity index (χ0v) is 13.2. The van der Waals surface area contributed by atoms with Gasteiger partial charge in [0.25, 0.3) is 0 Å². The Balaban J connectivity index is 3.14. The van der Waals surface area contributed by atoms with Crippen LogP contribution in [-0.2, 0) is 24.6 Å². The molecule has 0 aliphatic heterocycles. The number of hydrogen-bond acceptors (Lipinski definition) is 3. The van der Waals surface area contributed by atoms with Gasteiger partial charge in [0, 0.05) is 10.9 Å². The third kappa shape index (κ3) is 3.63. The smallest absolute Gasteiger partial charge is 0.304 e. The molecule has 0 N–H and O–H groups in total. The van der Waals surface area contributed by atoms with Gasteiger partial charge in [-0.15, -0.1) is 0 Å². The first kappa shape index (κ1) is 16.8. The molecule has 0 aromatic heterocycles. The molecule has 1 aromatic carbocycles. The third-order valence-electron chi connectivity index (χ3n) is 2.40. The van der Waals surface area contributed by atoms with E-state index in [4.69, 9.17) is 9.05 Å². The van der Waals surface area contributed by atoms with Crippen LogP contribution in [0, 0.1) is 0 Å². The van der Waals surface area contributed by atoms with Crippen molar-refractivity contribution in [1.29, 1.82) is 0 Å². The van der Waals surface area contributed by atoms with Crippen molar-refractivity contribution in [1.82, 2.24) is 0 Å². The maximum atomic E-state index is 14.3. The van der Waals surface area contributed by atoms with Crippen LogP contribution in [0.1, 0.15) is 25.0 Å². The molecular weight excluding hydrogens is 341 g/mol. The molecule has 0 aliphatic rings. The molecule has 0 amide bonds. The molecule has 0 bridgehead atoms. The summed E-state index contributed by atoms with van der Waals surface area (Å²) in [7, 11) is -4.51. The number of benzene rings is 1. The van der Waals surface area contributed by atoms with Crippen LogP contribution < -0.4 is 0 Å². The van der Waals surface area contributed by atoms with E-state index in [0.717, 1.165) is 5.56 Å². The minimum Gasteiger partial charge on any atom is -0.304 e. The number of halogens is 3. The van der Waals surface area contributed by atoms with Crippen molar-refractivity contribution in [2.75, 3.05) is 13.2 Å². The zero-order chi connectivity index (χ0) is 14.5. The van der Waals surface area contributed by atoms with Crippen molar-refractivity contribution >= 4 is 23.5 Å². The van der Waals surface area contributed by atoms with E-state index in [1.165, 1.54) is 26.0 Å². The number of hydrogen-bond donors (Lipinski definition) is 0. The van der Waals surface area contributed by atoms with Crippen molar-refractivity contribution in [2.24, 2.45) is 0 Å². The Kier molecular flexibility index (Phi) is 6.12. The highest BCUT2D eigenvalue weighted by atomic mass is 79.9. The van der Waals surface area contributed by atoms with Gasteiger partial charge in [0.05, 0.1) is 13.2 Å². The van der Waals surface area contributed by atoms with E-state index in [9.17, 15) is 13.3 Å². The first-order chi connectivity index (χ1) is 8.91. The molecule has 0 radical (unpaired) electrons. The monoisotopic (exact) mass is 356 g/mol. The topological polar surface area (TPSA) is 35.5 Å². The van der Waals surface area contributed by atoms with Crippen LogP contribution in [0.4, 0.5) is 8.78 Å². The minimum atomic E-state index is -4.51. The molecule has 3 nitrogen and oxygen atoms in total. The number of rotatable bonds is 7. The SMILES string of the molecule is CCOP(=O)(OCC)C(F)(F)c1ccc(CBr)cc1. The van der Waals surface area contributed by atoms with Crippen LogP contribution in [0.25, 0.3) is 0 Å². The third-order valence-corrected chi connectivity index (χ3v) is 5.19. The summed E-state index contributed by atoms with van der Waals surface area (Å²) in [6.07, 6.45) is 0. The van der Waals surface area contributed by atoms with Gasteiger partial charge in [-0.2, -0.15) is 8.78 Å². The molecule has 0 aliphatic carbocycles. The second-order valence-electron chi connectivity index (χ2n) is 3.70. The highest BCUT2D eigenvalue weighted by Crippen LogP contribution is 2.66. The first-order valence-corrected chi connectivity index (χ1v) is 8.50. The van der Waals surface area contributed by atoms with Crippen LogP contribution in [-0.4, -0.2) is 13.2 Å². The second kappa shape index (κ2) is 6.93. The molecule has 0 heterocycles. The second-order valence-corrected chi connectivity index (χ2v) is 6.34. The van der Waals surface area contributed by atoms with E-state index in [0.29, 0.717) is 5.33 Å². The molecule has 0 atom stereocenters. The highest BCUT2D eigenvalue weighted by molar-refractivity contribution is 9.08. The summed E-state index contributed by atoms with van der Waals surface area (Å²) in [5, 5.41) is 0.563. The summed E-state index contributed by atoms with van der Waals surface area (Å²) in [6, 6.07) is 5.56. The fraction of sp³-hybridized carbons (Fsp3) is 0.500. The summed E-state index contributed by atoms with van der Waals surface area (Å²) in [5.41, 5.74) is -3.19. The van der Waals surface area contributed by atoms with E-state index in [1.54, 1.807) is 12.1 Å². The highest BCUT2D eigenvalue weighted by Gasteiger charge is 2.54. The Morgan fingerprint density at radius 3 is 2.00 bits per heavy atom. The summed E-state index contributed by atoms with van der Waals surface area (Å²) in [5.74, 6) is 0. The summed E-state index contributed by atoms with van der Waals surface area (Å²) in [6.45, 7) is 2.78. The van der Waals surface area contributed by atoms with E-state index in [2.05, 4.69) is 15.9 Å². The molecule has 0 fully saturated rings. The van der Waals surface area contributed by atoms with Crippen LogP contribution in [0.2, 0.25) is 0 Å². The minimum absolute atomic E-state index is 0.105. The lowest BCUT2D eigenvalue weighted by Crippen LogP contribution is -2.18. The quantitative estimate of drug-likeness (QED) is 0.515. The van der Waals surface area contributed by atoms with E-state index >= 15 is 0 Å². The van der Waals surface area contributed by atoms with Crippen molar-refractivity contribution in [3.05, 3.63) is 35.4 Å². The van der Waals surface area contributed by atoms with Crippen molar-refractivity contribution in [2.45, 2.75) is 24.8 Å².